The van der Waals surface area contributed by atoms with Gasteiger partial charge in [-0.15, -0.1) is 0 Å². The molecular weight excluding hydrogens is 262 g/mol. The standard InChI is InChI=1S/C18H23NO2/c1-14-2-7-18(19-8-10-21-11-9-19)16(12-14)13-15-3-5-17(20)6-4-15/h3-7,13-14,20H,2,8-12H2,1H3/b16-13+. The second kappa shape index (κ2) is 6.35. The van der Waals surface area contributed by atoms with Gasteiger partial charge in [-0.25, -0.2) is 0 Å². The lowest BCUT2D eigenvalue weighted by Crippen LogP contribution is -2.37. The van der Waals surface area contributed by atoms with E-state index in [4.69, 9.17) is 4.74 Å². The molecular formula is C18H23NO2. The van der Waals surface area contributed by atoms with Crippen molar-refractivity contribution in [3.63, 3.8) is 0 Å². The number of phenolic OH excluding ortho intramolecular Hbond substituents is 1. The molecule has 0 aromatic heterocycles. The van der Waals surface area contributed by atoms with Crippen LogP contribution < -0.4 is 0 Å². The van der Waals surface area contributed by atoms with Crippen LogP contribution in [0.15, 0.2) is 41.6 Å². The molecule has 112 valence electrons. The normalized spacial score (nSPS) is 25.0. The number of ether oxygens (including phenoxy) is 1. The van der Waals surface area contributed by atoms with Crippen LogP contribution in [-0.2, 0) is 4.74 Å². The minimum absolute atomic E-state index is 0.318. The minimum Gasteiger partial charge on any atom is -0.508 e. The highest BCUT2D eigenvalue weighted by atomic mass is 16.5. The van der Waals surface area contributed by atoms with Gasteiger partial charge in [0.15, 0.2) is 0 Å². The fraction of sp³-hybridized carbons (Fsp3) is 0.444. The van der Waals surface area contributed by atoms with Gasteiger partial charge in [0.1, 0.15) is 5.75 Å². The zero-order chi connectivity index (χ0) is 14.7. The molecule has 1 atom stereocenters. The van der Waals surface area contributed by atoms with E-state index in [0.29, 0.717) is 11.7 Å². The molecule has 2 aliphatic rings. The van der Waals surface area contributed by atoms with Crippen LogP contribution in [0, 0.1) is 5.92 Å². The molecule has 1 N–H and O–H groups in total. The molecule has 1 aromatic carbocycles. The Morgan fingerprint density at radius 3 is 2.62 bits per heavy atom. The number of allylic oxidation sites excluding steroid dienone is 2. The summed E-state index contributed by atoms with van der Waals surface area (Å²) in [6, 6.07) is 7.44. The van der Waals surface area contributed by atoms with Crippen molar-refractivity contribution >= 4 is 6.08 Å². The molecule has 0 amide bonds. The first kappa shape index (κ1) is 14.2. The van der Waals surface area contributed by atoms with E-state index in [2.05, 4.69) is 24.0 Å². The quantitative estimate of drug-likeness (QED) is 0.903. The Kier molecular flexibility index (Phi) is 4.30. The van der Waals surface area contributed by atoms with E-state index in [-0.39, 0.29) is 0 Å². The van der Waals surface area contributed by atoms with Crippen LogP contribution in [-0.4, -0.2) is 36.3 Å². The first-order chi connectivity index (χ1) is 10.2. The molecule has 1 fully saturated rings. The third kappa shape index (κ3) is 3.48. The average Bonchev–Trinajstić information content (AvgIpc) is 2.51. The van der Waals surface area contributed by atoms with Gasteiger partial charge in [-0.1, -0.05) is 25.1 Å². The molecule has 21 heavy (non-hydrogen) atoms. The maximum Gasteiger partial charge on any atom is 0.115 e. The summed E-state index contributed by atoms with van der Waals surface area (Å²) in [6.07, 6.45) is 6.91. The number of hydrogen-bond donors (Lipinski definition) is 1. The average molecular weight is 285 g/mol. The van der Waals surface area contributed by atoms with E-state index in [1.54, 1.807) is 12.1 Å². The van der Waals surface area contributed by atoms with E-state index in [1.165, 1.54) is 11.3 Å². The third-order valence-corrected chi connectivity index (χ3v) is 4.20. The lowest BCUT2D eigenvalue weighted by atomic mass is 9.88. The van der Waals surface area contributed by atoms with Crippen molar-refractivity contribution in [2.45, 2.75) is 19.8 Å². The monoisotopic (exact) mass is 285 g/mol. The molecule has 1 saturated heterocycles. The maximum absolute atomic E-state index is 9.41. The van der Waals surface area contributed by atoms with Gasteiger partial charge in [-0.05, 0) is 48.1 Å². The molecule has 0 spiro atoms. The number of nitrogens with zero attached hydrogens (tertiary/aromatic N) is 1. The second-order valence-electron chi connectivity index (χ2n) is 5.99. The number of morpholine rings is 1. The summed E-state index contributed by atoms with van der Waals surface area (Å²) in [5.74, 6) is 1.01. The van der Waals surface area contributed by atoms with Gasteiger partial charge >= 0.3 is 0 Å². The van der Waals surface area contributed by atoms with Crippen molar-refractivity contribution in [2.75, 3.05) is 26.3 Å². The zero-order valence-corrected chi connectivity index (χ0v) is 12.6. The molecule has 1 heterocycles. The summed E-state index contributed by atoms with van der Waals surface area (Å²) in [7, 11) is 0. The first-order valence-corrected chi connectivity index (χ1v) is 7.75. The largest absolute Gasteiger partial charge is 0.508 e. The summed E-state index contributed by atoms with van der Waals surface area (Å²) < 4.78 is 5.46. The molecule has 0 radical (unpaired) electrons. The van der Waals surface area contributed by atoms with Gasteiger partial charge in [-0.3, -0.25) is 0 Å². The summed E-state index contributed by atoms with van der Waals surface area (Å²) in [5.41, 5.74) is 3.93. The molecule has 1 aliphatic heterocycles. The highest BCUT2D eigenvalue weighted by Crippen LogP contribution is 2.32. The predicted molar refractivity (Wildman–Crippen MR) is 85.0 cm³/mol. The lowest BCUT2D eigenvalue weighted by molar-refractivity contribution is 0.0539. The van der Waals surface area contributed by atoms with Gasteiger partial charge in [0.25, 0.3) is 0 Å². The SMILES string of the molecule is CC1CC=C(N2CCOCC2)/C(=C/c2ccc(O)cc2)C1. The highest BCUT2D eigenvalue weighted by molar-refractivity contribution is 5.59. The van der Waals surface area contributed by atoms with Gasteiger partial charge in [0.2, 0.25) is 0 Å². The summed E-state index contributed by atoms with van der Waals surface area (Å²) in [6.45, 7) is 5.90. The maximum atomic E-state index is 9.41. The van der Waals surface area contributed by atoms with Crippen LogP contribution in [0.4, 0.5) is 0 Å². The highest BCUT2D eigenvalue weighted by Gasteiger charge is 2.22. The molecule has 1 aromatic rings. The predicted octanol–water partition coefficient (Wildman–Crippen LogP) is 3.42. The Bertz CT molecular complexity index is 539. The van der Waals surface area contributed by atoms with Crippen molar-refractivity contribution in [3.8, 4) is 5.75 Å². The van der Waals surface area contributed by atoms with Gasteiger partial charge in [0, 0.05) is 18.8 Å². The van der Waals surface area contributed by atoms with Crippen LogP contribution >= 0.6 is 0 Å². The Labute approximate surface area is 126 Å². The van der Waals surface area contributed by atoms with Crippen LogP contribution in [0.2, 0.25) is 0 Å². The van der Waals surface area contributed by atoms with Crippen molar-refractivity contribution < 1.29 is 9.84 Å². The van der Waals surface area contributed by atoms with Crippen molar-refractivity contribution in [1.29, 1.82) is 0 Å². The number of hydrogen-bond acceptors (Lipinski definition) is 3. The Hall–Kier alpha value is -1.74. The Morgan fingerprint density at radius 2 is 1.90 bits per heavy atom. The smallest absolute Gasteiger partial charge is 0.115 e. The van der Waals surface area contributed by atoms with Crippen molar-refractivity contribution in [1.82, 2.24) is 4.90 Å². The molecule has 1 unspecified atom stereocenters. The van der Waals surface area contributed by atoms with Crippen LogP contribution in [0.3, 0.4) is 0 Å². The second-order valence-corrected chi connectivity index (χ2v) is 5.99. The van der Waals surface area contributed by atoms with E-state index >= 15 is 0 Å². The Balaban J connectivity index is 1.87. The molecule has 1 aliphatic carbocycles. The fourth-order valence-electron chi connectivity index (χ4n) is 3.05. The molecule has 3 heteroatoms. The van der Waals surface area contributed by atoms with Crippen molar-refractivity contribution in [2.24, 2.45) is 5.92 Å². The van der Waals surface area contributed by atoms with Crippen LogP contribution in [0.25, 0.3) is 6.08 Å². The third-order valence-electron chi connectivity index (χ3n) is 4.20. The van der Waals surface area contributed by atoms with E-state index < -0.39 is 0 Å². The van der Waals surface area contributed by atoms with E-state index in [1.807, 2.05) is 12.1 Å². The summed E-state index contributed by atoms with van der Waals surface area (Å²) in [5, 5.41) is 9.41. The number of benzene rings is 1. The Morgan fingerprint density at radius 1 is 1.19 bits per heavy atom. The van der Waals surface area contributed by atoms with E-state index in [0.717, 1.165) is 44.7 Å². The fourth-order valence-corrected chi connectivity index (χ4v) is 3.05. The molecule has 0 bridgehead atoms. The van der Waals surface area contributed by atoms with Gasteiger partial charge < -0.3 is 14.7 Å². The van der Waals surface area contributed by atoms with Gasteiger partial charge in [0.05, 0.1) is 13.2 Å². The molecule has 0 saturated carbocycles. The molecule has 3 rings (SSSR count). The first-order valence-electron chi connectivity index (χ1n) is 7.75. The van der Waals surface area contributed by atoms with Crippen LogP contribution in [0.5, 0.6) is 5.75 Å². The lowest BCUT2D eigenvalue weighted by Gasteiger charge is -2.35. The number of rotatable bonds is 2. The topological polar surface area (TPSA) is 32.7 Å². The summed E-state index contributed by atoms with van der Waals surface area (Å²) >= 11 is 0. The molecule has 3 nitrogen and oxygen atoms in total. The summed E-state index contributed by atoms with van der Waals surface area (Å²) in [4.78, 5) is 2.45. The van der Waals surface area contributed by atoms with E-state index in [9.17, 15) is 5.11 Å². The van der Waals surface area contributed by atoms with Gasteiger partial charge in [-0.2, -0.15) is 0 Å². The van der Waals surface area contributed by atoms with Crippen LogP contribution in [0.1, 0.15) is 25.3 Å². The minimum atomic E-state index is 0.318. The zero-order valence-electron chi connectivity index (χ0n) is 12.6. The number of phenols is 1. The number of aromatic hydroxyl groups is 1. The van der Waals surface area contributed by atoms with Crippen molar-refractivity contribution in [3.05, 3.63) is 47.2 Å².